The summed E-state index contributed by atoms with van der Waals surface area (Å²) in [5.74, 6) is 0.342. The average molecular weight is 396 g/mol. The maximum Gasteiger partial charge on any atom is 0.251 e. The molecule has 154 valence electrons. The summed E-state index contributed by atoms with van der Waals surface area (Å²) >= 11 is 0. The van der Waals surface area contributed by atoms with Crippen molar-refractivity contribution in [2.24, 2.45) is 0 Å². The summed E-state index contributed by atoms with van der Waals surface area (Å²) in [4.78, 5) is 24.5. The summed E-state index contributed by atoms with van der Waals surface area (Å²) in [5.41, 5.74) is 2.83. The highest BCUT2D eigenvalue weighted by Crippen LogP contribution is 2.18. The maximum absolute atomic E-state index is 12.3. The number of hydrogen-bond acceptors (Lipinski definition) is 4. The molecule has 6 heteroatoms. The average Bonchev–Trinajstić information content (AvgIpc) is 2.71. The van der Waals surface area contributed by atoms with Gasteiger partial charge < -0.3 is 20.7 Å². The molecule has 0 radical (unpaired) electrons. The van der Waals surface area contributed by atoms with Crippen molar-refractivity contribution in [3.63, 3.8) is 0 Å². The first-order chi connectivity index (χ1) is 13.9. The topological polar surface area (TPSA) is 79.5 Å². The smallest absolute Gasteiger partial charge is 0.251 e. The molecule has 2 aromatic carbocycles. The molecule has 0 saturated heterocycles. The van der Waals surface area contributed by atoms with E-state index in [1.807, 2.05) is 39.0 Å². The van der Waals surface area contributed by atoms with Crippen LogP contribution < -0.4 is 20.7 Å². The van der Waals surface area contributed by atoms with Crippen LogP contribution >= 0.6 is 0 Å². The Balaban J connectivity index is 1.89. The van der Waals surface area contributed by atoms with Crippen LogP contribution in [0.5, 0.6) is 5.75 Å². The molecule has 0 aromatic heterocycles. The third kappa shape index (κ3) is 7.70. The van der Waals surface area contributed by atoms with E-state index in [9.17, 15) is 9.59 Å². The Kier molecular flexibility index (Phi) is 8.27. The van der Waals surface area contributed by atoms with Gasteiger partial charge in [-0.25, -0.2) is 0 Å². The molecule has 0 aliphatic heterocycles. The summed E-state index contributed by atoms with van der Waals surface area (Å²) in [7, 11) is 0. The van der Waals surface area contributed by atoms with E-state index in [0.717, 1.165) is 12.0 Å². The van der Waals surface area contributed by atoms with Gasteiger partial charge in [0.1, 0.15) is 12.4 Å². The molecule has 0 fully saturated rings. The summed E-state index contributed by atoms with van der Waals surface area (Å²) in [6.45, 7) is 10.2. The van der Waals surface area contributed by atoms with Crippen molar-refractivity contribution in [1.82, 2.24) is 5.32 Å². The predicted molar refractivity (Wildman–Crippen MR) is 118 cm³/mol. The number of nitrogens with one attached hydrogen (secondary N) is 3. The zero-order valence-electron chi connectivity index (χ0n) is 17.2. The van der Waals surface area contributed by atoms with Crippen LogP contribution in [0, 0.1) is 0 Å². The molecule has 0 spiro atoms. The molecule has 0 saturated carbocycles. The number of anilines is 2. The van der Waals surface area contributed by atoms with Crippen LogP contribution in [0.3, 0.4) is 0 Å². The van der Waals surface area contributed by atoms with Gasteiger partial charge in [-0.15, -0.1) is 0 Å². The minimum atomic E-state index is -0.198. The van der Waals surface area contributed by atoms with E-state index in [0.29, 0.717) is 29.3 Å². The second-order valence-corrected chi connectivity index (χ2v) is 7.04. The van der Waals surface area contributed by atoms with Crippen LogP contribution in [0.25, 0.3) is 0 Å². The predicted octanol–water partition coefficient (Wildman–Crippen LogP) is 4.22. The molecule has 3 N–H and O–H groups in total. The first-order valence-electron chi connectivity index (χ1n) is 9.69. The highest BCUT2D eigenvalue weighted by molar-refractivity contribution is 5.96. The number of carbonyl (C=O) groups is 2. The molecule has 2 rings (SSSR count). The van der Waals surface area contributed by atoms with Crippen molar-refractivity contribution >= 4 is 23.2 Å². The van der Waals surface area contributed by atoms with Gasteiger partial charge >= 0.3 is 0 Å². The van der Waals surface area contributed by atoms with Gasteiger partial charge in [0.2, 0.25) is 5.91 Å². The Morgan fingerprint density at radius 3 is 2.55 bits per heavy atom. The van der Waals surface area contributed by atoms with Crippen LogP contribution in [0.4, 0.5) is 11.4 Å². The second kappa shape index (κ2) is 10.9. The van der Waals surface area contributed by atoms with Crippen molar-refractivity contribution in [1.29, 1.82) is 0 Å². The number of amides is 2. The van der Waals surface area contributed by atoms with Gasteiger partial charge in [0.25, 0.3) is 5.91 Å². The minimum Gasteiger partial charge on any atom is -0.489 e. The van der Waals surface area contributed by atoms with Gasteiger partial charge in [0, 0.05) is 29.0 Å². The molecular formula is C23H29N3O3. The lowest BCUT2D eigenvalue weighted by Crippen LogP contribution is -2.31. The normalized spacial score (nSPS) is 11.3. The standard InChI is InChI=1S/C23H29N3O3/c1-5-17(4)25-23(28)18-8-6-9-19(12-18)24-14-22(27)26-20-10-7-11-21(13-20)29-15-16(2)3/h6-13,17,24H,2,5,14-15H2,1,3-4H3,(H,25,28)(H,26,27). The van der Waals surface area contributed by atoms with Crippen LogP contribution in [-0.2, 0) is 4.79 Å². The van der Waals surface area contributed by atoms with Crippen molar-refractivity contribution in [2.45, 2.75) is 33.2 Å². The molecule has 0 aliphatic rings. The zero-order valence-corrected chi connectivity index (χ0v) is 17.2. The quantitative estimate of drug-likeness (QED) is 0.526. The Bertz CT molecular complexity index is 864. The maximum atomic E-state index is 12.3. The van der Waals surface area contributed by atoms with Gasteiger partial charge in [0.05, 0.1) is 6.54 Å². The lowest BCUT2D eigenvalue weighted by molar-refractivity contribution is -0.114. The first kappa shape index (κ1) is 22.0. The van der Waals surface area contributed by atoms with Gasteiger partial charge in [0.15, 0.2) is 0 Å². The van der Waals surface area contributed by atoms with Crippen molar-refractivity contribution in [3.8, 4) is 5.75 Å². The summed E-state index contributed by atoms with van der Waals surface area (Å²) < 4.78 is 5.59. The van der Waals surface area contributed by atoms with Crippen LogP contribution in [0.2, 0.25) is 0 Å². The number of ether oxygens (including phenoxy) is 1. The van der Waals surface area contributed by atoms with Crippen molar-refractivity contribution in [3.05, 3.63) is 66.2 Å². The highest BCUT2D eigenvalue weighted by atomic mass is 16.5. The van der Waals surface area contributed by atoms with Crippen LogP contribution in [-0.4, -0.2) is 31.0 Å². The molecule has 2 amide bonds. The van der Waals surface area contributed by atoms with E-state index in [1.54, 1.807) is 30.3 Å². The molecule has 29 heavy (non-hydrogen) atoms. The van der Waals surface area contributed by atoms with E-state index in [1.165, 1.54) is 0 Å². The number of hydrogen-bond donors (Lipinski definition) is 3. The number of rotatable bonds is 10. The number of benzene rings is 2. The fraction of sp³-hybridized carbons (Fsp3) is 0.304. The van der Waals surface area contributed by atoms with E-state index >= 15 is 0 Å². The van der Waals surface area contributed by atoms with E-state index < -0.39 is 0 Å². The fourth-order valence-corrected chi connectivity index (χ4v) is 2.44. The molecule has 0 aliphatic carbocycles. The van der Waals surface area contributed by atoms with Crippen molar-refractivity contribution < 1.29 is 14.3 Å². The molecule has 6 nitrogen and oxygen atoms in total. The molecular weight excluding hydrogens is 366 g/mol. The minimum absolute atomic E-state index is 0.0767. The Labute approximate surface area is 172 Å². The summed E-state index contributed by atoms with van der Waals surface area (Å²) in [6, 6.07) is 14.4. The number of carbonyl (C=O) groups excluding carboxylic acids is 2. The lowest BCUT2D eigenvalue weighted by atomic mass is 10.1. The highest BCUT2D eigenvalue weighted by Gasteiger charge is 2.09. The Morgan fingerprint density at radius 1 is 1.10 bits per heavy atom. The van der Waals surface area contributed by atoms with E-state index in [4.69, 9.17) is 4.74 Å². The van der Waals surface area contributed by atoms with Crippen LogP contribution in [0.15, 0.2) is 60.7 Å². The van der Waals surface area contributed by atoms with Crippen molar-refractivity contribution in [2.75, 3.05) is 23.8 Å². The molecule has 1 atom stereocenters. The first-order valence-corrected chi connectivity index (χ1v) is 9.69. The second-order valence-electron chi connectivity index (χ2n) is 7.04. The van der Waals surface area contributed by atoms with E-state index in [2.05, 4.69) is 22.5 Å². The largest absolute Gasteiger partial charge is 0.489 e. The Hall–Kier alpha value is -3.28. The zero-order chi connectivity index (χ0) is 21.2. The van der Waals surface area contributed by atoms with Gasteiger partial charge in [-0.2, -0.15) is 0 Å². The third-order valence-corrected chi connectivity index (χ3v) is 4.17. The summed E-state index contributed by atoms with van der Waals surface area (Å²) in [5, 5.41) is 8.81. The fourth-order valence-electron chi connectivity index (χ4n) is 2.44. The van der Waals surface area contributed by atoms with Gasteiger partial charge in [-0.1, -0.05) is 25.6 Å². The monoisotopic (exact) mass is 395 g/mol. The van der Waals surface area contributed by atoms with Gasteiger partial charge in [-0.05, 0) is 56.2 Å². The molecule has 0 bridgehead atoms. The van der Waals surface area contributed by atoms with Crippen LogP contribution in [0.1, 0.15) is 37.6 Å². The lowest BCUT2D eigenvalue weighted by Gasteiger charge is -2.13. The summed E-state index contributed by atoms with van der Waals surface area (Å²) in [6.07, 6.45) is 0.864. The molecule has 2 aromatic rings. The van der Waals surface area contributed by atoms with Gasteiger partial charge in [-0.3, -0.25) is 9.59 Å². The molecule has 1 unspecified atom stereocenters. The SMILES string of the molecule is C=C(C)COc1cccc(NC(=O)CNc2cccc(C(=O)NC(C)CC)c2)c1. The molecule has 0 heterocycles. The third-order valence-electron chi connectivity index (χ3n) is 4.17. The Morgan fingerprint density at radius 2 is 1.83 bits per heavy atom. The van der Waals surface area contributed by atoms with E-state index in [-0.39, 0.29) is 24.4 Å².